The molecule has 2 N–H and O–H groups in total. The minimum atomic E-state index is -0.321. The van der Waals surface area contributed by atoms with Crippen LogP contribution >= 0.6 is 0 Å². The van der Waals surface area contributed by atoms with Crippen LogP contribution in [0.15, 0.2) is 0 Å². The summed E-state index contributed by atoms with van der Waals surface area (Å²) >= 11 is 0. The normalized spacial score (nSPS) is 14.7. The number of carbonyl (C=O) groups is 2. The van der Waals surface area contributed by atoms with E-state index in [1.165, 1.54) is 7.11 Å². The lowest BCUT2D eigenvalue weighted by Crippen LogP contribution is -2.38. The Hall–Kier alpha value is -1.10. The maximum Gasteiger partial charge on any atom is 0.310 e. The van der Waals surface area contributed by atoms with Gasteiger partial charge in [0.05, 0.1) is 13.0 Å². The summed E-state index contributed by atoms with van der Waals surface area (Å²) in [5.41, 5.74) is 6.08. The van der Waals surface area contributed by atoms with Crippen molar-refractivity contribution in [3.05, 3.63) is 0 Å². The second-order valence-electron chi connectivity index (χ2n) is 6.43. The lowest BCUT2D eigenvalue weighted by atomic mass is 9.87. The molecule has 0 bridgehead atoms. The summed E-state index contributed by atoms with van der Waals surface area (Å²) in [6.07, 6.45) is 1.10. The lowest BCUT2D eigenvalue weighted by molar-refractivity contribution is -0.146. The van der Waals surface area contributed by atoms with Gasteiger partial charge in [-0.05, 0) is 11.8 Å². The van der Waals surface area contributed by atoms with E-state index in [1.54, 1.807) is 18.9 Å². The predicted molar refractivity (Wildman–Crippen MR) is 75.5 cm³/mol. The Kier molecular flexibility index (Phi) is 7.05. The molecule has 5 heteroatoms. The molecular weight excluding hydrogens is 244 g/mol. The number of esters is 1. The van der Waals surface area contributed by atoms with Gasteiger partial charge in [0.25, 0.3) is 0 Å². The molecule has 0 heterocycles. The first kappa shape index (κ1) is 17.9. The summed E-state index contributed by atoms with van der Waals surface area (Å²) in [7, 11) is 3.03. The number of carbonyl (C=O) groups excluding carboxylic acids is 2. The fraction of sp³-hybridized carbons (Fsp3) is 0.857. The van der Waals surface area contributed by atoms with E-state index >= 15 is 0 Å². The number of nitrogens with two attached hydrogens (primary N) is 1. The van der Waals surface area contributed by atoms with Crippen LogP contribution in [-0.4, -0.2) is 43.5 Å². The highest BCUT2D eigenvalue weighted by molar-refractivity contribution is 5.78. The van der Waals surface area contributed by atoms with E-state index in [0.29, 0.717) is 13.0 Å². The maximum atomic E-state index is 12.0. The molecule has 0 saturated carbocycles. The molecule has 1 amide bonds. The summed E-state index contributed by atoms with van der Waals surface area (Å²) < 4.78 is 4.64. The Morgan fingerprint density at radius 2 is 1.84 bits per heavy atom. The van der Waals surface area contributed by atoms with Crippen LogP contribution in [0.5, 0.6) is 0 Å². The molecule has 0 rings (SSSR count). The fourth-order valence-electron chi connectivity index (χ4n) is 2.03. The zero-order valence-corrected chi connectivity index (χ0v) is 13.0. The Morgan fingerprint density at radius 1 is 1.32 bits per heavy atom. The molecular formula is C14H28N2O3. The van der Waals surface area contributed by atoms with Gasteiger partial charge in [0, 0.05) is 26.1 Å². The van der Waals surface area contributed by atoms with Crippen molar-refractivity contribution in [1.29, 1.82) is 0 Å². The summed E-state index contributed by atoms with van der Waals surface area (Å²) in [6, 6.07) is -0.150. The van der Waals surface area contributed by atoms with Crippen LogP contribution in [0, 0.1) is 11.3 Å². The SMILES string of the molecule is COC(=O)C(C)CN(C)C(=O)CC(N)CC(C)(C)C. The van der Waals surface area contributed by atoms with Gasteiger partial charge >= 0.3 is 5.97 Å². The second kappa shape index (κ2) is 7.48. The minimum Gasteiger partial charge on any atom is -0.469 e. The fourth-order valence-corrected chi connectivity index (χ4v) is 2.03. The van der Waals surface area contributed by atoms with Crippen molar-refractivity contribution in [2.24, 2.45) is 17.1 Å². The van der Waals surface area contributed by atoms with Gasteiger partial charge in [0.15, 0.2) is 0 Å². The molecule has 112 valence electrons. The van der Waals surface area contributed by atoms with Gasteiger partial charge in [-0.3, -0.25) is 9.59 Å². The predicted octanol–water partition coefficient (Wildman–Crippen LogP) is 1.41. The van der Waals surface area contributed by atoms with Crippen molar-refractivity contribution in [2.75, 3.05) is 20.7 Å². The smallest absolute Gasteiger partial charge is 0.310 e. The molecule has 0 aliphatic rings. The summed E-state index contributed by atoms with van der Waals surface area (Å²) in [4.78, 5) is 24.8. The van der Waals surface area contributed by atoms with E-state index in [-0.39, 0.29) is 29.3 Å². The highest BCUT2D eigenvalue weighted by atomic mass is 16.5. The Labute approximate surface area is 116 Å². The molecule has 0 aromatic rings. The molecule has 0 saturated heterocycles. The first-order valence-electron chi connectivity index (χ1n) is 6.64. The van der Waals surface area contributed by atoms with E-state index in [2.05, 4.69) is 25.5 Å². The van der Waals surface area contributed by atoms with E-state index in [4.69, 9.17) is 5.73 Å². The van der Waals surface area contributed by atoms with Gasteiger partial charge in [0.1, 0.15) is 0 Å². The average molecular weight is 272 g/mol. The third-order valence-corrected chi connectivity index (χ3v) is 2.89. The average Bonchev–Trinajstić information content (AvgIpc) is 2.24. The molecule has 0 aliphatic carbocycles. The maximum absolute atomic E-state index is 12.0. The van der Waals surface area contributed by atoms with E-state index in [9.17, 15) is 9.59 Å². The Morgan fingerprint density at radius 3 is 2.26 bits per heavy atom. The first-order valence-corrected chi connectivity index (χ1v) is 6.64. The molecule has 19 heavy (non-hydrogen) atoms. The van der Waals surface area contributed by atoms with Crippen molar-refractivity contribution < 1.29 is 14.3 Å². The number of amides is 1. The van der Waals surface area contributed by atoms with E-state index in [0.717, 1.165) is 6.42 Å². The van der Waals surface area contributed by atoms with Gasteiger partial charge in [-0.1, -0.05) is 27.7 Å². The van der Waals surface area contributed by atoms with Crippen LogP contribution in [0.4, 0.5) is 0 Å². The number of methoxy groups -OCH3 is 1. The van der Waals surface area contributed by atoms with Gasteiger partial charge in [-0.15, -0.1) is 0 Å². The van der Waals surface area contributed by atoms with Crippen molar-refractivity contribution in [3.8, 4) is 0 Å². The number of nitrogens with zero attached hydrogens (tertiary/aromatic N) is 1. The standard InChI is InChI=1S/C14H28N2O3/c1-10(13(18)19-6)9-16(5)12(17)7-11(15)8-14(2,3)4/h10-11H,7-9,15H2,1-6H3. The van der Waals surface area contributed by atoms with Crippen LogP contribution in [0.25, 0.3) is 0 Å². The summed E-state index contributed by atoms with van der Waals surface area (Å²) in [6.45, 7) is 8.39. The number of hydrogen-bond acceptors (Lipinski definition) is 4. The first-order chi connectivity index (χ1) is 8.56. The quantitative estimate of drug-likeness (QED) is 0.742. The van der Waals surface area contributed by atoms with E-state index in [1.807, 2.05) is 0 Å². The Balaban J connectivity index is 4.24. The highest BCUT2D eigenvalue weighted by Gasteiger charge is 2.22. The topological polar surface area (TPSA) is 72.6 Å². The summed E-state index contributed by atoms with van der Waals surface area (Å²) in [5, 5.41) is 0. The number of ether oxygens (including phenoxy) is 1. The van der Waals surface area contributed by atoms with Gasteiger partial charge in [-0.2, -0.15) is 0 Å². The highest BCUT2D eigenvalue weighted by Crippen LogP contribution is 2.21. The third kappa shape index (κ3) is 7.82. The van der Waals surface area contributed by atoms with E-state index < -0.39 is 0 Å². The molecule has 0 aromatic heterocycles. The van der Waals surface area contributed by atoms with Gasteiger partial charge < -0.3 is 15.4 Å². The molecule has 2 unspecified atom stereocenters. The molecule has 0 spiro atoms. The van der Waals surface area contributed by atoms with Crippen molar-refractivity contribution in [1.82, 2.24) is 4.90 Å². The zero-order valence-electron chi connectivity index (χ0n) is 13.0. The molecule has 0 fully saturated rings. The minimum absolute atomic E-state index is 0.0347. The number of rotatable bonds is 6. The Bertz CT molecular complexity index is 310. The van der Waals surface area contributed by atoms with Crippen molar-refractivity contribution in [3.63, 3.8) is 0 Å². The van der Waals surface area contributed by atoms with Gasteiger partial charge in [-0.25, -0.2) is 0 Å². The van der Waals surface area contributed by atoms with Crippen molar-refractivity contribution in [2.45, 2.75) is 46.6 Å². The molecule has 2 atom stereocenters. The van der Waals surface area contributed by atoms with Crippen LogP contribution in [0.1, 0.15) is 40.5 Å². The molecule has 5 nitrogen and oxygen atoms in total. The summed E-state index contributed by atoms with van der Waals surface area (Å²) in [5.74, 6) is -0.663. The van der Waals surface area contributed by atoms with Crippen molar-refractivity contribution >= 4 is 11.9 Å². The third-order valence-electron chi connectivity index (χ3n) is 2.89. The largest absolute Gasteiger partial charge is 0.469 e. The second-order valence-corrected chi connectivity index (χ2v) is 6.43. The van der Waals surface area contributed by atoms with Crippen LogP contribution < -0.4 is 5.73 Å². The lowest BCUT2D eigenvalue weighted by Gasteiger charge is -2.25. The molecule has 0 aromatic carbocycles. The van der Waals surface area contributed by atoms with Crippen LogP contribution in [0.2, 0.25) is 0 Å². The van der Waals surface area contributed by atoms with Gasteiger partial charge in [0.2, 0.25) is 5.91 Å². The number of hydrogen-bond donors (Lipinski definition) is 1. The van der Waals surface area contributed by atoms with Crippen LogP contribution in [-0.2, 0) is 14.3 Å². The molecule has 0 radical (unpaired) electrons. The van der Waals surface area contributed by atoms with Crippen LogP contribution in [0.3, 0.4) is 0 Å². The monoisotopic (exact) mass is 272 g/mol. The molecule has 0 aliphatic heterocycles. The zero-order chi connectivity index (χ0) is 15.2.